The van der Waals surface area contributed by atoms with Gasteiger partial charge in [0.2, 0.25) is 5.91 Å². The molecule has 0 saturated carbocycles. The molecule has 0 aliphatic heterocycles. The Morgan fingerprint density at radius 3 is 2.31 bits per heavy atom. The number of amides is 1. The maximum atomic E-state index is 12.8. The molecule has 0 bridgehead atoms. The minimum atomic E-state index is -1.57. The van der Waals surface area contributed by atoms with Crippen molar-refractivity contribution < 1.29 is 18.0 Å². The van der Waals surface area contributed by atoms with E-state index in [4.69, 9.17) is 5.73 Å². The summed E-state index contributed by atoms with van der Waals surface area (Å²) in [6, 6.07) is 0.619. The number of nitrogens with one attached hydrogen (secondary N) is 1. The highest BCUT2D eigenvalue weighted by Crippen LogP contribution is 2.17. The van der Waals surface area contributed by atoms with Gasteiger partial charge in [0.15, 0.2) is 17.5 Å². The molecule has 1 atom stereocenters. The highest BCUT2D eigenvalue weighted by Gasteiger charge is 2.14. The van der Waals surface area contributed by atoms with Gasteiger partial charge >= 0.3 is 0 Å². The second-order valence-electron chi connectivity index (χ2n) is 3.26. The summed E-state index contributed by atoms with van der Waals surface area (Å²) in [5.74, 6) is -4.87. The molecule has 0 aromatic heterocycles. The van der Waals surface area contributed by atoms with Gasteiger partial charge in [0, 0.05) is 17.8 Å². The first-order valence-electron chi connectivity index (χ1n) is 4.66. The average molecular weight is 232 g/mol. The van der Waals surface area contributed by atoms with E-state index in [1.54, 1.807) is 6.92 Å². The number of rotatable bonds is 3. The Labute approximate surface area is 90.4 Å². The molecule has 0 spiro atoms. The zero-order valence-electron chi connectivity index (χ0n) is 8.56. The van der Waals surface area contributed by atoms with Gasteiger partial charge in [0.05, 0.1) is 6.04 Å². The SMILES string of the molecule is CC[C@@H](N)C(=O)Nc1cc(F)c(F)c(F)c1. The van der Waals surface area contributed by atoms with E-state index < -0.39 is 29.4 Å². The lowest BCUT2D eigenvalue weighted by molar-refractivity contribution is -0.117. The number of halogens is 3. The molecule has 1 rings (SSSR count). The summed E-state index contributed by atoms with van der Waals surface area (Å²) in [5.41, 5.74) is 5.23. The molecule has 0 fully saturated rings. The molecule has 1 aromatic carbocycles. The predicted octanol–water partition coefficient (Wildman–Crippen LogP) is 1.78. The van der Waals surface area contributed by atoms with Crippen molar-refractivity contribution in [3.63, 3.8) is 0 Å². The first kappa shape index (κ1) is 12.5. The standard InChI is InChI=1S/C10H11F3N2O/c1-2-8(14)10(16)15-5-3-6(11)9(13)7(12)4-5/h3-4,8H,2,14H2,1H3,(H,15,16)/t8-/m1/s1. The molecule has 0 aliphatic carbocycles. The number of hydrogen-bond acceptors (Lipinski definition) is 2. The quantitative estimate of drug-likeness (QED) is 0.780. The fraction of sp³-hybridized carbons (Fsp3) is 0.300. The molecule has 3 nitrogen and oxygen atoms in total. The summed E-state index contributed by atoms with van der Waals surface area (Å²) in [6.45, 7) is 1.69. The summed E-state index contributed by atoms with van der Waals surface area (Å²) in [7, 11) is 0. The van der Waals surface area contributed by atoms with Crippen LogP contribution in [0.4, 0.5) is 18.9 Å². The molecule has 1 aromatic rings. The van der Waals surface area contributed by atoms with E-state index in [-0.39, 0.29) is 5.69 Å². The summed E-state index contributed by atoms with van der Waals surface area (Å²) in [4.78, 5) is 11.3. The molecule has 0 aliphatic rings. The number of carbonyl (C=O) groups excluding carboxylic acids is 1. The Morgan fingerprint density at radius 2 is 1.88 bits per heavy atom. The molecular formula is C10H11F3N2O. The Balaban J connectivity index is 2.87. The van der Waals surface area contributed by atoms with E-state index in [9.17, 15) is 18.0 Å². The number of carbonyl (C=O) groups is 1. The van der Waals surface area contributed by atoms with Gasteiger partial charge in [0.25, 0.3) is 0 Å². The second kappa shape index (κ2) is 4.98. The average Bonchev–Trinajstić information content (AvgIpc) is 2.24. The lowest BCUT2D eigenvalue weighted by Crippen LogP contribution is -2.34. The molecule has 16 heavy (non-hydrogen) atoms. The normalized spacial score (nSPS) is 12.3. The molecular weight excluding hydrogens is 221 g/mol. The van der Waals surface area contributed by atoms with Gasteiger partial charge in [0.1, 0.15) is 0 Å². The van der Waals surface area contributed by atoms with Gasteiger partial charge in [-0.25, -0.2) is 13.2 Å². The Morgan fingerprint density at radius 1 is 1.38 bits per heavy atom. The number of nitrogens with two attached hydrogens (primary N) is 1. The van der Waals surface area contributed by atoms with Crippen molar-refractivity contribution in [1.29, 1.82) is 0 Å². The van der Waals surface area contributed by atoms with E-state index in [0.717, 1.165) is 0 Å². The maximum absolute atomic E-state index is 12.8. The number of hydrogen-bond donors (Lipinski definition) is 2. The Bertz CT molecular complexity index is 386. The predicted molar refractivity (Wildman–Crippen MR) is 53.2 cm³/mol. The highest BCUT2D eigenvalue weighted by atomic mass is 19.2. The van der Waals surface area contributed by atoms with E-state index in [0.29, 0.717) is 18.6 Å². The maximum Gasteiger partial charge on any atom is 0.241 e. The topological polar surface area (TPSA) is 55.1 Å². The molecule has 0 unspecified atom stereocenters. The first-order valence-corrected chi connectivity index (χ1v) is 4.66. The van der Waals surface area contributed by atoms with Crippen LogP contribution in [0.5, 0.6) is 0 Å². The first-order chi connectivity index (χ1) is 7.45. The minimum absolute atomic E-state index is 0.162. The lowest BCUT2D eigenvalue weighted by atomic mass is 10.2. The van der Waals surface area contributed by atoms with Crippen LogP contribution >= 0.6 is 0 Å². The third-order valence-corrected chi connectivity index (χ3v) is 2.03. The van der Waals surface area contributed by atoms with Gasteiger partial charge in [-0.15, -0.1) is 0 Å². The molecule has 6 heteroatoms. The van der Waals surface area contributed by atoms with Crippen LogP contribution in [0.3, 0.4) is 0 Å². The third kappa shape index (κ3) is 2.73. The third-order valence-electron chi connectivity index (χ3n) is 2.03. The lowest BCUT2D eigenvalue weighted by Gasteiger charge is -2.10. The van der Waals surface area contributed by atoms with Crippen LogP contribution in [0.2, 0.25) is 0 Å². The Kier molecular flexibility index (Phi) is 3.89. The van der Waals surface area contributed by atoms with Crippen LogP contribution in [0, 0.1) is 17.5 Å². The second-order valence-corrected chi connectivity index (χ2v) is 3.26. The minimum Gasteiger partial charge on any atom is -0.325 e. The van der Waals surface area contributed by atoms with Crippen LogP contribution in [0.15, 0.2) is 12.1 Å². The smallest absolute Gasteiger partial charge is 0.241 e. The Hall–Kier alpha value is -1.56. The van der Waals surface area contributed by atoms with Crippen molar-refractivity contribution in [3.05, 3.63) is 29.6 Å². The molecule has 0 radical (unpaired) electrons. The fourth-order valence-electron chi connectivity index (χ4n) is 1.05. The van der Waals surface area contributed by atoms with Crippen LogP contribution < -0.4 is 11.1 Å². The van der Waals surface area contributed by atoms with Crippen LogP contribution in [0.1, 0.15) is 13.3 Å². The zero-order chi connectivity index (χ0) is 12.3. The van der Waals surface area contributed by atoms with Crippen molar-refractivity contribution in [1.82, 2.24) is 0 Å². The summed E-state index contributed by atoms with van der Waals surface area (Å²) in [6.07, 6.45) is 0.387. The van der Waals surface area contributed by atoms with Gasteiger partial charge < -0.3 is 11.1 Å². The summed E-state index contributed by atoms with van der Waals surface area (Å²) >= 11 is 0. The molecule has 0 saturated heterocycles. The van der Waals surface area contributed by atoms with Crippen LogP contribution in [-0.2, 0) is 4.79 Å². The van der Waals surface area contributed by atoms with Crippen molar-refractivity contribution in [2.24, 2.45) is 5.73 Å². The van der Waals surface area contributed by atoms with Crippen molar-refractivity contribution >= 4 is 11.6 Å². The number of benzene rings is 1. The van der Waals surface area contributed by atoms with Crippen molar-refractivity contribution in [3.8, 4) is 0 Å². The van der Waals surface area contributed by atoms with E-state index in [2.05, 4.69) is 5.32 Å². The van der Waals surface area contributed by atoms with Crippen LogP contribution in [0.25, 0.3) is 0 Å². The van der Waals surface area contributed by atoms with Crippen molar-refractivity contribution in [2.75, 3.05) is 5.32 Å². The summed E-state index contributed by atoms with van der Waals surface area (Å²) in [5, 5.41) is 2.19. The van der Waals surface area contributed by atoms with Gasteiger partial charge in [-0.3, -0.25) is 4.79 Å². The zero-order valence-corrected chi connectivity index (χ0v) is 8.56. The fourth-order valence-corrected chi connectivity index (χ4v) is 1.05. The van der Waals surface area contributed by atoms with Gasteiger partial charge in [-0.1, -0.05) is 6.92 Å². The van der Waals surface area contributed by atoms with E-state index in [1.165, 1.54) is 0 Å². The largest absolute Gasteiger partial charge is 0.325 e. The highest BCUT2D eigenvalue weighted by molar-refractivity contribution is 5.94. The van der Waals surface area contributed by atoms with Gasteiger partial charge in [-0.05, 0) is 6.42 Å². The van der Waals surface area contributed by atoms with Crippen LogP contribution in [-0.4, -0.2) is 11.9 Å². The molecule has 88 valence electrons. The van der Waals surface area contributed by atoms with Gasteiger partial charge in [-0.2, -0.15) is 0 Å². The monoisotopic (exact) mass is 232 g/mol. The van der Waals surface area contributed by atoms with E-state index >= 15 is 0 Å². The summed E-state index contributed by atoms with van der Waals surface area (Å²) < 4.78 is 38.1. The van der Waals surface area contributed by atoms with E-state index in [1.807, 2.05) is 0 Å². The number of anilines is 1. The molecule has 1 amide bonds. The van der Waals surface area contributed by atoms with Crippen molar-refractivity contribution in [2.45, 2.75) is 19.4 Å². The molecule has 0 heterocycles. The molecule has 3 N–H and O–H groups in total.